The van der Waals surface area contributed by atoms with Gasteiger partial charge in [0.15, 0.2) is 0 Å². The van der Waals surface area contributed by atoms with Crippen molar-refractivity contribution in [3.63, 3.8) is 0 Å². The van der Waals surface area contributed by atoms with Crippen LogP contribution in [-0.2, 0) is 6.54 Å². The Morgan fingerprint density at radius 3 is 2.58 bits per heavy atom. The van der Waals surface area contributed by atoms with E-state index in [1.54, 1.807) is 0 Å². The number of anilines is 1. The highest BCUT2D eigenvalue weighted by Crippen LogP contribution is 2.22. The maximum Gasteiger partial charge on any atom is 0.271 e. The summed E-state index contributed by atoms with van der Waals surface area (Å²) in [6.45, 7) is 0.511. The molecule has 94 valence electrons. The minimum Gasteiger partial charge on any atom is -0.380 e. The first-order chi connectivity index (χ1) is 9.20. The van der Waals surface area contributed by atoms with E-state index in [9.17, 15) is 10.1 Å². The van der Waals surface area contributed by atoms with Crippen LogP contribution in [0, 0.1) is 21.4 Å². The zero-order valence-corrected chi connectivity index (χ0v) is 10.0. The van der Waals surface area contributed by atoms with E-state index in [1.165, 1.54) is 18.2 Å². The summed E-state index contributed by atoms with van der Waals surface area (Å²) in [6, 6.07) is 15.8. The Kier molecular flexibility index (Phi) is 3.74. The number of benzene rings is 2. The van der Waals surface area contributed by atoms with Crippen molar-refractivity contribution in [2.45, 2.75) is 6.54 Å². The van der Waals surface area contributed by atoms with Crippen LogP contribution in [0.25, 0.3) is 0 Å². The topological polar surface area (TPSA) is 79.0 Å². The van der Waals surface area contributed by atoms with Crippen LogP contribution in [0.15, 0.2) is 48.5 Å². The summed E-state index contributed by atoms with van der Waals surface area (Å²) in [7, 11) is 0. The molecule has 0 heterocycles. The van der Waals surface area contributed by atoms with E-state index >= 15 is 0 Å². The molecule has 5 nitrogen and oxygen atoms in total. The number of rotatable bonds is 4. The van der Waals surface area contributed by atoms with E-state index < -0.39 is 4.92 Å². The lowest BCUT2D eigenvalue weighted by Gasteiger charge is -2.08. The lowest BCUT2D eigenvalue weighted by atomic mass is 10.1. The fourth-order valence-electron chi connectivity index (χ4n) is 1.68. The summed E-state index contributed by atoms with van der Waals surface area (Å²) in [6.07, 6.45) is 0. The molecule has 5 heteroatoms. The highest BCUT2D eigenvalue weighted by Gasteiger charge is 2.10. The third kappa shape index (κ3) is 3.07. The second-order valence-electron chi connectivity index (χ2n) is 3.94. The number of nitrogens with one attached hydrogen (secondary N) is 1. The van der Waals surface area contributed by atoms with Gasteiger partial charge in [-0.15, -0.1) is 0 Å². The van der Waals surface area contributed by atoms with E-state index in [-0.39, 0.29) is 5.69 Å². The number of nitriles is 1. The van der Waals surface area contributed by atoms with Gasteiger partial charge in [-0.25, -0.2) is 0 Å². The van der Waals surface area contributed by atoms with Crippen molar-refractivity contribution in [1.82, 2.24) is 0 Å². The first kappa shape index (κ1) is 12.6. The highest BCUT2D eigenvalue weighted by molar-refractivity contribution is 5.62. The van der Waals surface area contributed by atoms with Gasteiger partial charge >= 0.3 is 0 Å². The number of nitrogens with zero attached hydrogens (tertiary/aromatic N) is 2. The van der Waals surface area contributed by atoms with E-state index in [1.807, 2.05) is 36.4 Å². The second kappa shape index (κ2) is 5.65. The molecule has 2 aromatic rings. The predicted octanol–water partition coefficient (Wildman–Crippen LogP) is 3.08. The zero-order valence-electron chi connectivity index (χ0n) is 10.0. The fraction of sp³-hybridized carbons (Fsp3) is 0.0714. The Labute approximate surface area is 110 Å². The van der Waals surface area contributed by atoms with E-state index in [0.29, 0.717) is 17.8 Å². The Bertz CT molecular complexity index is 633. The van der Waals surface area contributed by atoms with Gasteiger partial charge in [0, 0.05) is 18.7 Å². The maximum absolute atomic E-state index is 10.7. The Hall–Kier alpha value is -2.87. The summed E-state index contributed by atoms with van der Waals surface area (Å²) in [5, 5.41) is 22.8. The second-order valence-corrected chi connectivity index (χ2v) is 3.94. The van der Waals surface area contributed by atoms with Gasteiger partial charge in [-0.05, 0) is 11.6 Å². The highest BCUT2D eigenvalue weighted by atomic mass is 16.6. The minimum atomic E-state index is -0.477. The molecule has 0 radical (unpaired) electrons. The number of hydrogen-bond acceptors (Lipinski definition) is 4. The summed E-state index contributed by atoms with van der Waals surface area (Å²) in [4.78, 5) is 10.2. The average Bonchev–Trinajstić information content (AvgIpc) is 2.45. The van der Waals surface area contributed by atoms with E-state index in [2.05, 4.69) is 5.32 Å². The molecular formula is C14H11N3O2. The van der Waals surface area contributed by atoms with Crippen LogP contribution < -0.4 is 5.32 Å². The molecule has 0 unspecified atom stereocenters. The molecule has 0 saturated carbocycles. The molecule has 0 atom stereocenters. The molecule has 0 aliphatic carbocycles. The summed E-state index contributed by atoms with van der Waals surface area (Å²) < 4.78 is 0. The smallest absolute Gasteiger partial charge is 0.271 e. The number of non-ortho nitro benzene ring substituents is 1. The summed E-state index contributed by atoms with van der Waals surface area (Å²) in [5.74, 6) is 0. The molecule has 0 amide bonds. The molecular weight excluding hydrogens is 242 g/mol. The van der Waals surface area contributed by atoms with Crippen molar-refractivity contribution in [1.29, 1.82) is 5.26 Å². The molecule has 0 aromatic heterocycles. The van der Waals surface area contributed by atoms with Crippen molar-refractivity contribution in [2.75, 3.05) is 5.32 Å². The molecule has 2 aromatic carbocycles. The predicted molar refractivity (Wildman–Crippen MR) is 71.6 cm³/mol. The van der Waals surface area contributed by atoms with Gasteiger partial charge < -0.3 is 5.32 Å². The number of nitro groups is 1. The van der Waals surface area contributed by atoms with Gasteiger partial charge in [0.25, 0.3) is 5.69 Å². The van der Waals surface area contributed by atoms with Crippen molar-refractivity contribution in [2.24, 2.45) is 0 Å². The van der Waals surface area contributed by atoms with Crippen molar-refractivity contribution < 1.29 is 4.92 Å². The normalized spacial score (nSPS) is 9.63. The largest absolute Gasteiger partial charge is 0.380 e. The Morgan fingerprint density at radius 1 is 1.21 bits per heavy atom. The van der Waals surface area contributed by atoms with Crippen molar-refractivity contribution in [3.8, 4) is 6.07 Å². The van der Waals surface area contributed by atoms with Crippen LogP contribution in [-0.4, -0.2) is 4.92 Å². The SMILES string of the molecule is N#Cc1ccc([N+](=O)[O-])cc1NCc1ccccc1. The molecule has 0 fully saturated rings. The lowest BCUT2D eigenvalue weighted by molar-refractivity contribution is -0.384. The number of nitro benzene ring substituents is 1. The quantitative estimate of drug-likeness (QED) is 0.670. The average molecular weight is 253 g/mol. The maximum atomic E-state index is 10.7. The Morgan fingerprint density at radius 2 is 1.95 bits per heavy atom. The molecule has 19 heavy (non-hydrogen) atoms. The third-order valence-corrected chi connectivity index (χ3v) is 2.66. The monoisotopic (exact) mass is 253 g/mol. The molecule has 2 rings (SSSR count). The molecule has 0 aliphatic heterocycles. The van der Waals surface area contributed by atoms with Gasteiger partial charge in [-0.3, -0.25) is 10.1 Å². The fourth-order valence-corrected chi connectivity index (χ4v) is 1.68. The van der Waals surface area contributed by atoms with Gasteiger partial charge in [0.1, 0.15) is 6.07 Å². The molecule has 0 aliphatic rings. The van der Waals surface area contributed by atoms with Gasteiger partial charge in [0.05, 0.1) is 16.2 Å². The first-order valence-electron chi connectivity index (χ1n) is 5.67. The van der Waals surface area contributed by atoms with Gasteiger partial charge in [-0.2, -0.15) is 5.26 Å². The summed E-state index contributed by atoms with van der Waals surface area (Å²) in [5.41, 5.74) is 1.87. The standard InChI is InChI=1S/C14H11N3O2/c15-9-12-6-7-13(17(18)19)8-14(12)16-10-11-4-2-1-3-5-11/h1-8,16H,10H2. The van der Waals surface area contributed by atoms with E-state index in [0.717, 1.165) is 5.56 Å². The van der Waals surface area contributed by atoms with Crippen LogP contribution in [0.1, 0.15) is 11.1 Å². The minimum absolute atomic E-state index is 0.0328. The molecule has 1 N–H and O–H groups in total. The van der Waals surface area contributed by atoms with Crippen LogP contribution in [0.2, 0.25) is 0 Å². The lowest BCUT2D eigenvalue weighted by Crippen LogP contribution is -2.02. The molecule has 0 spiro atoms. The van der Waals surface area contributed by atoms with Crippen molar-refractivity contribution >= 4 is 11.4 Å². The first-order valence-corrected chi connectivity index (χ1v) is 5.67. The van der Waals surface area contributed by atoms with Gasteiger partial charge in [0.2, 0.25) is 0 Å². The number of hydrogen-bond donors (Lipinski definition) is 1. The van der Waals surface area contributed by atoms with Crippen LogP contribution in [0.5, 0.6) is 0 Å². The zero-order chi connectivity index (χ0) is 13.7. The molecule has 0 bridgehead atoms. The van der Waals surface area contributed by atoms with Crippen LogP contribution in [0.3, 0.4) is 0 Å². The summed E-state index contributed by atoms with van der Waals surface area (Å²) >= 11 is 0. The Balaban J connectivity index is 2.21. The molecule has 0 saturated heterocycles. The van der Waals surface area contributed by atoms with Crippen LogP contribution >= 0.6 is 0 Å². The third-order valence-electron chi connectivity index (χ3n) is 2.66. The van der Waals surface area contributed by atoms with Gasteiger partial charge in [-0.1, -0.05) is 30.3 Å². The van der Waals surface area contributed by atoms with E-state index in [4.69, 9.17) is 5.26 Å². The van der Waals surface area contributed by atoms with Crippen molar-refractivity contribution in [3.05, 3.63) is 69.8 Å². The van der Waals surface area contributed by atoms with Crippen LogP contribution in [0.4, 0.5) is 11.4 Å².